The molecule has 0 bridgehead atoms. The fourth-order valence-corrected chi connectivity index (χ4v) is 5.99. The maximum atomic E-state index is 14.2. The lowest BCUT2D eigenvalue weighted by atomic mass is 9.96. The lowest BCUT2D eigenvalue weighted by molar-refractivity contribution is -0.138. The predicted molar refractivity (Wildman–Crippen MR) is 185 cm³/mol. The second kappa shape index (κ2) is 11.8. The number of anilines is 4. The Morgan fingerprint density at radius 3 is 1.98 bits per heavy atom. The largest absolute Gasteiger partial charge is 0.397 e. The predicted octanol–water partition coefficient (Wildman–Crippen LogP) is 4.78. The Labute approximate surface area is 260 Å². The maximum Gasteiger partial charge on any atom is 0.264 e. The molecule has 0 spiro atoms. The Kier molecular flexibility index (Phi) is 8.33. The standard InChI is InChI=1S/C35H41N5O5/c1-8-9-11-20-14-16-21(17-15-20)38-23-13-10-12-22-24(23)32(42)26-25(31(22)41)29(36)27-28(30(26)37)34(44)40(33(27)43)18(2)35(4,5)45-19(3)39(6)7/h10,12-19,38H,8-9,11,36-37H2,1-7H3. The average Bonchev–Trinajstić information content (AvgIpc) is 3.26. The summed E-state index contributed by atoms with van der Waals surface area (Å²) >= 11 is 0. The zero-order chi connectivity index (χ0) is 33.0. The third kappa shape index (κ3) is 5.27. The van der Waals surface area contributed by atoms with Gasteiger partial charge in [0.15, 0.2) is 10.9 Å². The molecule has 5 aromatic rings. The van der Waals surface area contributed by atoms with E-state index in [0.717, 1.165) is 29.5 Å². The Morgan fingerprint density at radius 1 is 0.844 bits per heavy atom. The number of aromatic nitrogens is 1. The zero-order valence-electron chi connectivity index (χ0n) is 26.9. The van der Waals surface area contributed by atoms with Gasteiger partial charge in [-0.15, -0.1) is 0 Å². The van der Waals surface area contributed by atoms with Crippen LogP contribution in [0.4, 0.5) is 22.7 Å². The van der Waals surface area contributed by atoms with Gasteiger partial charge < -0.3 is 21.5 Å². The molecule has 0 aliphatic rings. The van der Waals surface area contributed by atoms with E-state index in [2.05, 4.69) is 12.2 Å². The molecule has 5 N–H and O–H groups in total. The zero-order valence-corrected chi connectivity index (χ0v) is 26.9. The van der Waals surface area contributed by atoms with Crippen LogP contribution in [-0.2, 0) is 11.2 Å². The number of fused-ring (bicyclic) bond motifs is 3. The molecule has 0 aliphatic heterocycles. The van der Waals surface area contributed by atoms with Gasteiger partial charge in [-0.1, -0.05) is 37.6 Å². The summed E-state index contributed by atoms with van der Waals surface area (Å²) in [5.74, 6) is 0. The smallest absolute Gasteiger partial charge is 0.264 e. The van der Waals surface area contributed by atoms with Gasteiger partial charge in [0.25, 0.3) is 11.1 Å². The van der Waals surface area contributed by atoms with Crippen molar-refractivity contribution < 1.29 is 4.74 Å². The highest BCUT2D eigenvalue weighted by Gasteiger charge is 2.35. The van der Waals surface area contributed by atoms with E-state index in [9.17, 15) is 19.2 Å². The van der Waals surface area contributed by atoms with E-state index >= 15 is 0 Å². The lowest BCUT2D eigenvalue weighted by Crippen LogP contribution is -2.46. The molecule has 236 valence electrons. The van der Waals surface area contributed by atoms with Crippen molar-refractivity contribution in [2.45, 2.75) is 71.8 Å². The first kappa shape index (κ1) is 31.9. The van der Waals surface area contributed by atoms with Crippen molar-refractivity contribution in [3.63, 3.8) is 0 Å². The van der Waals surface area contributed by atoms with Gasteiger partial charge in [0, 0.05) is 11.1 Å². The monoisotopic (exact) mass is 611 g/mol. The van der Waals surface area contributed by atoms with E-state index in [1.807, 2.05) is 50.2 Å². The van der Waals surface area contributed by atoms with E-state index < -0.39 is 33.6 Å². The van der Waals surface area contributed by atoms with Gasteiger partial charge in [-0.05, 0) is 78.4 Å². The van der Waals surface area contributed by atoms with Gasteiger partial charge in [-0.25, -0.2) is 0 Å². The van der Waals surface area contributed by atoms with Gasteiger partial charge >= 0.3 is 0 Å². The molecule has 0 saturated carbocycles. The fraction of sp³-hybridized carbons (Fsp3) is 0.371. The van der Waals surface area contributed by atoms with Gasteiger partial charge in [-0.3, -0.25) is 28.6 Å². The van der Waals surface area contributed by atoms with Crippen LogP contribution in [-0.4, -0.2) is 35.4 Å². The van der Waals surface area contributed by atoms with Gasteiger partial charge in [0.2, 0.25) is 0 Å². The minimum Gasteiger partial charge on any atom is -0.397 e. The molecule has 0 fully saturated rings. The number of unbranched alkanes of at least 4 members (excludes halogenated alkanes) is 1. The number of aryl methyl sites for hydroxylation is 1. The Balaban J connectivity index is 1.73. The third-order valence-corrected chi connectivity index (χ3v) is 9.08. The molecule has 1 aromatic heterocycles. The third-order valence-electron chi connectivity index (χ3n) is 9.08. The Bertz CT molecular complexity index is 2140. The number of rotatable bonds is 10. The van der Waals surface area contributed by atoms with Crippen LogP contribution in [0.1, 0.15) is 59.1 Å². The van der Waals surface area contributed by atoms with E-state index in [-0.39, 0.29) is 49.9 Å². The molecular weight excluding hydrogens is 570 g/mol. The molecule has 1 heterocycles. The molecule has 0 saturated heterocycles. The van der Waals surface area contributed by atoms with Crippen LogP contribution in [0.3, 0.4) is 0 Å². The summed E-state index contributed by atoms with van der Waals surface area (Å²) in [5.41, 5.74) is 11.5. The van der Waals surface area contributed by atoms with Gasteiger partial charge in [-0.2, -0.15) is 0 Å². The van der Waals surface area contributed by atoms with Gasteiger partial charge in [0.1, 0.15) is 6.23 Å². The van der Waals surface area contributed by atoms with Crippen molar-refractivity contribution in [1.29, 1.82) is 0 Å². The molecule has 10 nitrogen and oxygen atoms in total. The summed E-state index contributed by atoms with van der Waals surface area (Å²) in [5, 5.41) is 2.88. The maximum absolute atomic E-state index is 14.2. The van der Waals surface area contributed by atoms with Crippen LogP contribution >= 0.6 is 0 Å². The van der Waals surface area contributed by atoms with Gasteiger partial charge in [0.05, 0.1) is 55.6 Å². The van der Waals surface area contributed by atoms with Crippen LogP contribution in [0.25, 0.3) is 32.3 Å². The Morgan fingerprint density at radius 2 is 1.42 bits per heavy atom. The lowest BCUT2D eigenvalue weighted by Gasteiger charge is -2.36. The van der Waals surface area contributed by atoms with Crippen LogP contribution in [0.2, 0.25) is 0 Å². The SMILES string of the molecule is CCCCc1ccc(Nc2cccc3c(=O)c4c(N)c5c(=O)n(C(C)C(C)(C)OC(C)N(C)C)c(=O)c5c(N)c4c(=O)c23)cc1. The number of benzene rings is 4. The number of nitrogens with two attached hydrogens (primary N) is 2. The molecule has 2 unspecified atom stereocenters. The van der Waals surface area contributed by atoms with Crippen molar-refractivity contribution in [3.8, 4) is 0 Å². The Hall–Kier alpha value is -4.54. The highest BCUT2D eigenvalue weighted by Crippen LogP contribution is 2.35. The molecule has 4 aromatic carbocycles. The molecular formula is C35H41N5O5. The second-order valence-electron chi connectivity index (χ2n) is 12.6. The summed E-state index contributed by atoms with van der Waals surface area (Å²) < 4.78 is 7.25. The number of nitrogens with zero attached hydrogens (tertiary/aromatic N) is 2. The van der Waals surface area contributed by atoms with E-state index in [4.69, 9.17) is 16.2 Å². The van der Waals surface area contributed by atoms with Crippen LogP contribution in [0.15, 0.2) is 61.6 Å². The number of ether oxygens (including phenoxy) is 1. The van der Waals surface area contributed by atoms with Crippen molar-refractivity contribution in [3.05, 3.63) is 89.2 Å². The molecule has 2 atom stereocenters. The van der Waals surface area contributed by atoms with E-state index in [1.165, 1.54) is 5.56 Å². The van der Waals surface area contributed by atoms with Crippen molar-refractivity contribution in [1.82, 2.24) is 9.47 Å². The summed E-state index contributed by atoms with van der Waals surface area (Å²) in [6.07, 6.45) is 2.86. The molecule has 0 radical (unpaired) electrons. The first-order chi connectivity index (χ1) is 21.2. The normalized spacial score (nSPS) is 13.7. The quantitative estimate of drug-likeness (QED) is 0.0878. The summed E-state index contributed by atoms with van der Waals surface area (Å²) in [6, 6.07) is 12.1. The molecule has 0 amide bonds. The summed E-state index contributed by atoms with van der Waals surface area (Å²) in [7, 11) is 3.72. The van der Waals surface area contributed by atoms with E-state index in [1.54, 1.807) is 39.0 Å². The van der Waals surface area contributed by atoms with E-state index in [0.29, 0.717) is 5.69 Å². The first-order valence-electron chi connectivity index (χ1n) is 15.3. The van der Waals surface area contributed by atoms with Crippen LogP contribution < -0.4 is 38.8 Å². The van der Waals surface area contributed by atoms with Crippen molar-refractivity contribution >= 4 is 55.1 Å². The van der Waals surface area contributed by atoms with Crippen LogP contribution in [0.5, 0.6) is 0 Å². The molecule has 10 heteroatoms. The number of hydrogen-bond acceptors (Lipinski definition) is 9. The van der Waals surface area contributed by atoms with Crippen molar-refractivity contribution in [2.24, 2.45) is 0 Å². The first-order valence-corrected chi connectivity index (χ1v) is 15.3. The number of nitrogens with one attached hydrogen (secondary N) is 1. The minimum absolute atomic E-state index is 0.130. The minimum atomic E-state index is -0.961. The summed E-state index contributed by atoms with van der Waals surface area (Å²) in [6.45, 7) is 9.29. The number of hydrogen-bond donors (Lipinski definition) is 3. The van der Waals surface area contributed by atoms with Crippen LogP contribution in [0, 0.1) is 0 Å². The highest BCUT2D eigenvalue weighted by molar-refractivity contribution is 6.21. The second-order valence-corrected chi connectivity index (χ2v) is 12.6. The number of nitrogen functional groups attached to an aromatic ring is 2. The van der Waals surface area contributed by atoms with Crippen molar-refractivity contribution in [2.75, 3.05) is 30.9 Å². The molecule has 5 rings (SSSR count). The average molecular weight is 612 g/mol. The summed E-state index contributed by atoms with van der Waals surface area (Å²) in [4.78, 5) is 57.8. The molecule has 0 aliphatic carbocycles. The fourth-order valence-electron chi connectivity index (χ4n) is 5.99. The highest BCUT2D eigenvalue weighted by atomic mass is 16.5. The topological polar surface area (TPSA) is 150 Å². The molecule has 45 heavy (non-hydrogen) atoms.